The molecular formula is C14H16F3NS. The zero-order chi connectivity index (χ0) is 14.5. The molecule has 1 heterocycles. The lowest BCUT2D eigenvalue weighted by Crippen LogP contribution is -2.04. The van der Waals surface area contributed by atoms with E-state index in [0.717, 1.165) is 23.6 Å². The smallest absolute Gasteiger partial charge is 0.241 e. The summed E-state index contributed by atoms with van der Waals surface area (Å²) < 4.78 is 37.6. The molecule has 19 heavy (non-hydrogen) atoms. The molecular weight excluding hydrogens is 271 g/mol. The van der Waals surface area contributed by atoms with Crippen molar-refractivity contribution < 1.29 is 13.2 Å². The summed E-state index contributed by atoms with van der Waals surface area (Å²) in [5.74, 6) is 0. The molecule has 0 radical (unpaired) electrons. The molecule has 0 bridgehead atoms. The fraction of sp³-hybridized carbons (Fsp3) is 0.357. The Bertz CT molecular complexity index is 517. The minimum Gasteiger partial charge on any atom is -0.241 e. The predicted molar refractivity (Wildman–Crippen MR) is 73.3 cm³/mol. The van der Waals surface area contributed by atoms with Gasteiger partial charge in [-0.2, -0.15) is 13.2 Å². The van der Waals surface area contributed by atoms with Gasteiger partial charge in [0.25, 0.3) is 0 Å². The van der Waals surface area contributed by atoms with Crippen molar-refractivity contribution in [1.29, 1.82) is 0 Å². The Kier molecular flexibility index (Phi) is 5.54. The molecule has 0 spiro atoms. The number of benzene rings is 1. The minimum absolute atomic E-state index is 0.510. The second kappa shape index (κ2) is 6.70. The molecule has 1 aromatic heterocycles. The molecule has 0 fully saturated rings. The summed E-state index contributed by atoms with van der Waals surface area (Å²) in [6, 6.07) is 5.25. The van der Waals surface area contributed by atoms with E-state index < -0.39 is 11.7 Å². The van der Waals surface area contributed by atoms with E-state index in [-0.39, 0.29) is 0 Å². The average Bonchev–Trinajstić information content (AvgIpc) is 2.89. The third kappa shape index (κ3) is 4.06. The lowest BCUT2D eigenvalue weighted by molar-refractivity contribution is -0.137. The predicted octanol–water partition coefficient (Wildman–Crippen LogP) is 5.42. The van der Waals surface area contributed by atoms with Gasteiger partial charge in [0.2, 0.25) is 0 Å². The molecule has 0 saturated heterocycles. The monoisotopic (exact) mass is 287 g/mol. The van der Waals surface area contributed by atoms with E-state index in [1.165, 1.54) is 17.4 Å². The zero-order valence-corrected chi connectivity index (χ0v) is 11.9. The van der Waals surface area contributed by atoms with Crippen LogP contribution in [-0.4, -0.2) is 4.98 Å². The van der Waals surface area contributed by atoms with Crippen LogP contribution in [0.1, 0.15) is 31.3 Å². The van der Waals surface area contributed by atoms with E-state index in [0.29, 0.717) is 11.3 Å². The second-order valence-corrected chi connectivity index (χ2v) is 4.50. The Morgan fingerprint density at radius 3 is 2.42 bits per heavy atom. The Morgan fingerprint density at radius 2 is 1.89 bits per heavy atom. The molecule has 104 valence electrons. The molecule has 5 heteroatoms. The first-order valence-electron chi connectivity index (χ1n) is 6.12. The van der Waals surface area contributed by atoms with Gasteiger partial charge in [-0.05, 0) is 18.6 Å². The highest BCUT2D eigenvalue weighted by Gasteiger charge is 2.30. The molecule has 0 aliphatic rings. The van der Waals surface area contributed by atoms with Gasteiger partial charge in [0.05, 0.1) is 16.3 Å². The largest absolute Gasteiger partial charge is 0.416 e. The normalized spacial score (nSPS) is 10.8. The van der Waals surface area contributed by atoms with Crippen molar-refractivity contribution in [3.8, 4) is 11.3 Å². The fourth-order valence-electron chi connectivity index (χ4n) is 1.46. The summed E-state index contributed by atoms with van der Waals surface area (Å²) >= 11 is 1.47. The number of nitrogens with zero attached hydrogens (tertiary/aromatic N) is 1. The first-order chi connectivity index (χ1) is 9.00. The van der Waals surface area contributed by atoms with Crippen LogP contribution >= 0.6 is 11.3 Å². The Balaban J connectivity index is 0.000000861. The minimum atomic E-state index is -4.31. The van der Waals surface area contributed by atoms with Crippen LogP contribution in [0, 0.1) is 0 Å². The van der Waals surface area contributed by atoms with Gasteiger partial charge in [0, 0.05) is 10.9 Å². The number of halogens is 3. The summed E-state index contributed by atoms with van der Waals surface area (Å²) in [5, 5.41) is 2.71. The molecule has 0 atom stereocenters. The van der Waals surface area contributed by atoms with Crippen molar-refractivity contribution >= 4 is 11.3 Å². The van der Waals surface area contributed by atoms with Crippen LogP contribution < -0.4 is 0 Å². The molecule has 0 N–H and O–H groups in total. The van der Waals surface area contributed by atoms with Gasteiger partial charge in [-0.3, -0.25) is 0 Å². The maximum Gasteiger partial charge on any atom is 0.416 e. The Hall–Kier alpha value is -1.36. The van der Waals surface area contributed by atoms with Gasteiger partial charge in [-0.1, -0.05) is 32.9 Å². The maximum atomic E-state index is 12.5. The van der Waals surface area contributed by atoms with Crippen LogP contribution in [0.5, 0.6) is 0 Å². The summed E-state index contributed by atoms with van der Waals surface area (Å²) in [6.07, 6.45) is -3.51. The number of alkyl halides is 3. The van der Waals surface area contributed by atoms with Gasteiger partial charge in [-0.25, -0.2) is 4.98 Å². The third-order valence-electron chi connectivity index (χ3n) is 2.34. The molecule has 0 unspecified atom stereocenters. The van der Waals surface area contributed by atoms with Crippen molar-refractivity contribution in [2.45, 2.75) is 33.4 Å². The molecule has 1 nitrogen and oxygen atoms in total. The SMILES string of the molecule is CC.CCc1nc(-c2cccc(C(F)(F)F)c2)cs1. The second-order valence-electron chi connectivity index (χ2n) is 3.56. The number of aryl methyl sites for hydroxylation is 1. The summed E-state index contributed by atoms with van der Waals surface area (Å²) in [5.41, 5.74) is 0.481. The van der Waals surface area contributed by atoms with Crippen LogP contribution in [-0.2, 0) is 12.6 Å². The van der Waals surface area contributed by atoms with Gasteiger partial charge < -0.3 is 0 Å². The van der Waals surface area contributed by atoms with Crippen molar-refractivity contribution in [2.75, 3.05) is 0 Å². The van der Waals surface area contributed by atoms with Crippen molar-refractivity contribution in [3.05, 3.63) is 40.2 Å². The van der Waals surface area contributed by atoms with Gasteiger partial charge in [-0.15, -0.1) is 11.3 Å². The van der Waals surface area contributed by atoms with Gasteiger partial charge in [0.1, 0.15) is 0 Å². The van der Waals surface area contributed by atoms with E-state index in [2.05, 4.69) is 4.98 Å². The first kappa shape index (κ1) is 15.7. The summed E-state index contributed by atoms with van der Waals surface area (Å²) in [7, 11) is 0. The van der Waals surface area contributed by atoms with Gasteiger partial charge in [0.15, 0.2) is 0 Å². The average molecular weight is 287 g/mol. The standard InChI is InChI=1S/C12H10F3NS.C2H6/c1-2-11-16-10(7-17-11)8-4-3-5-9(6-8)12(13,14)15;1-2/h3-7H,2H2,1H3;1-2H3. The van der Waals surface area contributed by atoms with Crippen molar-refractivity contribution in [2.24, 2.45) is 0 Å². The van der Waals surface area contributed by atoms with E-state index in [4.69, 9.17) is 0 Å². The summed E-state index contributed by atoms with van der Waals surface area (Å²) in [4.78, 5) is 4.27. The lowest BCUT2D eigenvalue weighted by atomic mass is 10.1. The Labute approximate surface area is 115 Å². The van der Waals surface area contributed by atoms with Crippen LogP contribution in [0.4, 0.5) is 13.2 Å². The van der Waals surface area contributed by atoms with Crippen LogP contribution in [0.15, 0.2) is 29.6 Å². The lowest BCUT2D eigenvalue weighted by Gasteiger charge is -2.07. The van der Waals surface area contributed by atoms with Crippen molar-refractivity contribution in [1.82, 2.24) is 4.98 Å². The maximum absolute atomic E-state index is 12.5. The molecule has 0 amide bonds. The quantitative estimate of drug-likeness (QED) is 0.719. The van der Waals surface area contributed by atoms with E-state index in [1.54, 1.807) is 11.4 Å². The first-order valence-corrected chi connectivity index (χ1v) is 7.00. The number of rotatable bonds is 2. The van der Waals surface area contributed by atoms with Crippen LogP contribution in [0.3, 0.4) is 0 Å². The zero-order valence-electron chi connectivity index (χ0n) is 11.1. The highest BCUT2D eigenvalue weighted by atomic mass is 32.1. The third-order valence-corrected chi connectivity index (χ3v) is 3.33. The fourth-order valence-corrected chi connectivity index (χ4v) is 2.21. The summed E-state index contributed by atoms with van der Waals surface area (Å²) in [6.45, 7) is 5.97. The van der Waals surface area contributed by atoms with Crippen LogP contribution in [0.25, 0.3) is 11.3 Å². The van der Waals surface area contributed by atoms with E-state index in [1.807, 2.05) is 20.8 Å². The van der Waals surface area contributed by atoms with E-state index >= 15 is 0 Å². The highest BCUT2D eigenvalue weighted by molar-refractivity contribution is 7.09. The van der Waals surface area contributed by atoms with Crippen LogP contribution in [0.2, 0.25) is 0 Å². The molecule has 0 saturated carbocycles. The molecule has 1 aromatic carbocycles. The molecule has 0 aliphatic carbocycles. The van der Waals surface area contributed by atoms with E-state index in [9.17, 15) is 13.2 Å². The number of hydrogen-bond acceptors (Lipinski definition) is 2. The topological polar surface area (TPSA) is 12.9 Å². The highest BCUT2D eigenvalue weighted by Crippen LogP contribution is 2.32. The van der Waals surface area contributed by atoms with Gasteiger partial charge >= 0.3 is 6.18 Å². The molecule has 0 aliphatic heterocycles. The Morgan fingerprint density at radius 1 is 1.21 bits per heavy atom. The number of thiazole rings is 1. The van der Waals surface area contributed by atoms with Crippen molar-refractivity contribution in [3.63, 3.8) is 0 Å². The number of aromatic nitrogens is 1. The molecule has 2 aromatic rings. The number of hydrogen-bond donors (Lipinski definition) is 0. The molecule has 2 rings (SSSR count).